The predicted octanol–water partition coefficient (Wildman–Crippen LogP) is 3.21. The van der Waals surface area contributed by atoms with E-state index in [1.807, 2.05) is 6.07 Å². The first kappa shape index (κ1) is 12.2. The molecule has 5 heteroatoms. The number of fused-ring (bicyclic) bond motifs is 1. The number of thiophene rings is 1. The lowest BCUT2D eigenvalue weighted by molar-refractivity contribution is 0.103. The minimum atomic E-state index is -0.480. The minimum Gasteiger partial charge on any atom is -0.399 e. The van der Waals surface area contributed by atoms with Gasteiger partial charge in [0.2, 0.25) is 0 Å². The summed E-state index contributed by atoms with van der Waals surface area (Å²) >= 11 is 1.49. The molecular weight excluding hydrogens is 263 g/mol. The Balaban J connectivity index is 1.82. The lowest BCUT2D eigenvalue weighted by Gasteiger charge is -2.06. The lowest BCUT2D eigenvalue weighted by atomic mass is 10.2. The van der Waals surface area contributed by atoms with E-state index in [-0.39, 0.29) is 11.6 Å². The van der Waals surface area contributed by atoms with Crippen LogP contribution in [0.3, 0.4) is 0 Å². The third kappa shape index (κ3) is 2.33. The number of hydrogen-bond donors (Lipinski definition) is 2. The van der Waals surface area contributed by atoms with E-state index < -0.39 is 5.82 Å². The maximum absolute atomic E-state index is 13.5. The average Bonchev–Trinajstić information content (AvgIpc) is 2.94. The molecule has 0 fully saturated rings. The van der Waals surface area contributed by atoms with E-state index in [0.29, 0.717) is 10.6 Å². The topological polar surface area (TPSA) is 55.1 Å². The smallest absolute Gasteiger partial charge is 0.265 e. The van der Waals surface area contributed by atoms with Crippen LogP contribution in [0, 0.1) is 5.82 Å². The van der Waals surface area contributed by atoms with Gasteiger partial charge in [-0.25, -0.2) is 4.39 Å². The van der Waals surface area contributed by atoms with E-state index >= 15 is 0 Å². The van der Waals surface area contributed by atoms with Crippen molar-refractivity contribution in [3.8, 4) is 0 Å². The molecule has 2 aromatic rings. The average molecular weight is 276 g/mol. The molecule has 1 aliphatic rings. The lowest BCUT2D eigenvalue weighted by Crippen LogP contribution is -2.11. The summed E-state index contributed by atoms with van der Waals surface area (Å²) in [6.45, 7) is 0. The van der Waals surface area contributed by atoms with Crippen LogP contribution in [0.1, 0.15) is 26.5 Å². The van der Waals surface area contributed by atoms with Crippen LogP contribution < -0.4 is 11.1 Å². The minimum absolute atomic E-state index is 0.124. The summed E-state index contributed by atoms with van der Waals surface area (Å²) < 4.78 is 13.5. The fourth-order valence-corrected chi connectivity index (χ4v) is 3.41. The van der Waals surface area contributed by atoms with E-state index in [1.54, 1.807) is 0 Å². The van der Waals surface area contributed by atoms with Gasteiger partial charge in [0.05, 0.1) is 10.6 Å². The molecule has 0 spiro atoms. The van der Waals surface area contributed by atoms with Crippen molar-refractivity contribution >= 4 is 28.6 Å². The normalized spacial score (nSPS) is 13.3. The van der Waals surface area contributed by atoms with E-state index in [0.717, 1.165) is 19.3 Å². The molecule has 1 amide bonds. The molecule has 1 aromatic carbocycles. The molecular formula is C14H13FN2OS. The van der Waals surface area contributed by atoms with Gasteiger partial charge in [-0.2, -0.15) is 0 Å². The molecule has 1 heterocycles. The van der Waals surface area contributed by atoms with E-state index in [1.165, 1.54) is 40.0 Å². The van der Waals surface area contributed by atoms with E-state index in [4.69, 9.17) is 5.73 Å². The van der Waals surface area contributed by atoms with Crippen LogP contribution in [-0.4, -0.2) is 5.91 Å². The third-order valence-corrected chi connectivity index (χ3v) is 4.44. The Kier molecular flexibility index (Phi) is 2.98. The summed E-state index contributed by atoms with van der Waals surface area (Å²) in [5, 5.41) is 2.57. The summed E-state index contributed by atoms with van der Waals surface area (Å²) in [4.78, 5) is 14.0. The van der Waals surface area contributed by atoms with Crippen molar-refractivity contribution in [3.05, 3.63) is 45.4 Å². The molecule has 1 aliphatic carbocycles. The Labute approximate surface area is 114 Å². The summed E-state index contributed by atoms with van der Waals surface area (Å²) in [5.74, 6) is -0.754. The van der Waals surface area contributed by atoms with Crippen molar-refractivity contribution in [1.29, 1.82) is 0 Å². The fraction of sp³-hybridized carbons (Fsp3) is 0.214. The van der Waals surface area contributed by atoms with Crippen molar-refractivity contribution in [3.63, 3.8) is 0 Å². The number of nitrogens with one attached hydrogen (secondary N) is 1. The van der Waals surface area contributed by atoms with Gasteiger partial charge in [0.1, 0.15) is 5.82 Å². The third-order valence-electron chi connectivity index (χ3n) is 3.21. The first-order chi connectivity index (χ1) is 9.13. The zero-order valence-corrected chi connectivity index (χ0v) is 11.0. The molecule has 3 nitrogen and oxygen atoms in total. The Morgan fingerprint density at radius 2 is 2.16 bits per heavy atom. The first-order valence-electron chi connectivity index (χ1n) is 6.11. The maximum atomic E-state index is 13.5. The van der Waals surface area contributed by atoms with Crippen LogP contribution in [0.25, 0.3) is 0 Å². The van der Waals surface area contributed by atoms with Crippen molar-refractivity contribution in [2.24, 2.45) is 0 Å². The Morgan fingerprint density at radius 1 is 1.32 bits per heavy atom. The number of anilines is 2. The molecule has 19 heavy (non-hydrogen) atoms. The van der Waals surface area contributed by atoms with Crippen molar-refractivity contribution < 1.29 is 9.18 Å². The Bertz CT molecular complexity index is 629. The molecule has 0 aliphatic heterocycles. The molecule has 98 valence electrons. The van der Waals surface area contributed by atoms with Crippen LogP contribution in [0.15, 0.2) is 24.3 Å². The monoisotopic (exact) mass is 276 g/mol. The number of amides is 1. The highest BCUT2D eigenvalue weighted by atomic mass is 32.1. The number of carbonyl (C=O) groups excluding carboxylic acids is 1. The second kappa shape index (κ2) is 4.66. The number of benzene rings is 1. The first-order valence-corrected chi connectivity index (χ1v) is 6.93. The highest BCUT2D eigenvalue weighted by Gasteiger charge is 2.19. The number of halogens is 1. The van der Waals surface area contributed by atoms with Gasteiger partial charge in [0.25, 0.3) is 5.91 Å². The van der Waals surface area contributed by atoms with Gasteiger partial charge in [0, 0.05) is 10.6 Å². The van der Waals surface area contributed by atoms with Crippen molar-refractivity contribution in [2.45, 2.75) is 19.3 Å². The van der Waals surface area contributed by atoms with Gasteiger partial charge < -0.3 is 11.1 Å². The Morgan fingerprint density at radius 3 is 2.95 bits per heavy atom. The number of carbonyl (C=O) groups is 1. The van der Waals surface area contributed by atoms with Crippen LogP contribution in [-0.2, 0) is 12.8 Å². The highest BCUT2D eigenvalue weighted by Crippen LogP contribution is 2.31. The van der Waals surface area contributed by atoms with Crippen LogP contribution in [0.5, 0.6) is 0 Å². The summed E-state index contributed by atoms with van der Waals surface area (Å²) in [6.07, 6.45) is 3.23. The highest BCUT2D eigenvalue weighted by molar-refractivity contribution is 7.14. The van der Waals surface area contributed by atoms with E-state index in [9.17, 15) is 9.18 Å². The summed E-state index contributed by atoms with van der Waals surface area (Å²) in [7, 11) is 0. The van der Waals surface area contributed by atoms with E-state index in [2.05, 4.69) is 5.32 Å². The van der Waals surface area contributed by atoms with Crippen molar-refractivity contribution in [2.75, 3.05) is 11.1 Å². The molecule has 0 unspecified atom stereocenters. The number of aryl methyl sites for hydroxylation is 2. The van der Waals surface area contributed by atoms with Gasteiger partial charge >= 0.3 is 0 Å². The van der Waals surface area contributed by atoms with Crippen LogP contribution in [0.4, 0.5) is 15.8 Å². The van der Waals surface area contributed by atoms with Crippen LogP contribution in [0.2, 0.25) is 0 Å². The molecule has 3 rings (SSSR count). The molecule has 1 aromatic heterocycles. The van der Waals surface area contributed by atoms with Gasteiger partial charge in [-0.1, -0.05) is 0 Å². The van der Waals surface area contributed by atoms with Gasteiger partial charge in [0.15, 0.2) is 0 Å². The van der Waals surface area contributed by atoms with Crippen molar-refractivity contribution in [1.82, 2.24) is 0 Å². The Hall–Kier alpha value is -1.88. The van der Waals surface area contributed by atoms with Gasteiger partial charge in [-0.15, -0.1) is 11.3 Å². The second-order valence-electron chi connectivity index (χ2n) is 4.61. The maximum Gasteiger partial charge on any atom is 0.265 e. The zero-order chi connectivity index (χ0) is 13.4. The fourth-order valence-electron chi connectivity index (χ4n) is 2.26. The van der Waals surface area contributed by atoms with Gasteiger partial charge in [-0.3, -0.25) is 4.79 Å². The molecule has 0 radical (unpaired) electrons. The number of hydrogen-bond acceptors (Lipinski definition) is 3. The predicted molar refractivity (Wildman–Crippen MR) is 75.1 cm³/mol. The summed E-state index contributed by atoms with van der Waals surface area (Å²) in [5.41, 5.74) is 7.38. The number of rotatable bonds is 2. The summed E-state index contributed by atoms with van der Waals surface area (Å²) in [6, 6.07) is 6.05. The SMILES string of the molecule is Nc1ccc(F)c(NC(=O)c2cc3c(s2)CCC3)c1. The van der Waals surface area contributed by atoms with Crippen LogP contribution >= 0.6 is 11.3 Å². The standard InChI is InChI=1S/C14H13FN2OS/c15-10-5-4-9(16)7-11(10)17-14(18)13-6-8-2-1-3-12(8)19-13/h4-7H,1-3,16H2,(H,17,18). The zero-order valence-electron chi connectivity index (χ0n) is 10.2. The number of nitrogens with two attached hydrogens (primary N) is 1. The quantitative estimate of drug-likeness (QED) is 0.827. The largest absolute Gasteiger partial charge is 0.399 e. The number of nitrogen functional groups attached to an aromatic ring is 1. The molecule has 3 N–H and O–H groups in total. The second-order valence-corrected chi connectivity index (χ2v) is 5.74. The molecule has 0 saturated heterocycles. The molecule has 0 atom stereocenters. The molecule has 0 bridgehead atoms. The molecule has 0 saturated carbocycles. The van der Waals surface area contributed by atoms with Gasteiger partial charge in [-0.05, 0) is 49.1 Å².